The van der Waals surface area contributed by atoms with Crippen LogP contribution in [0.4, 0.5) is 4.79 Å². The fourth-order valence-electron chi connectivity index (χ4n) is 2.54. The van der Waals surface area contributed by atoms with Crippen molar-refractivity contribution in [2.75, 3.05) is 20.2 Å². The van der Waals surface area contributed by atoms with Gasteiger partial charge in [-0.2, -0.15) is 0 Å². The predicted octanol–water partition coefficient (Wildman–Crippen LogP) is 2.54. The quantitative estimate of drug-likeness (QED) is 0.900. The second-order valence-electron chi connectivity index (χ2n) is 5.00. The molecule has 0 aromatic heterocycles. The Hall–Kier alpha value is -1.46. The van der Waals surface area contributed by atoms with Gasteiger partial charge in [0.05, 0.1) is 7.11 Å². The lowest BCUT2D eigenvalue weighted by Gasteiger charge is -2.25. The summed E-state index contributed by atoms with van der Waals surface area (Å²) >= 11 is 5.98. The van der Waals surface area contributed by atoms with E-state index >= 15 is 0 Å². The number of rotatable bonds is 3. The van der Waals surface area contributed by atoms with Gasteiger partial charge in [-0.3, -0.25) is 4.90 Å². The highest BCUT2D eigenvalue weighted by atomic mass is 35.5. The van der Waals surface area contributed by atoms with Crippen molar-refractivity contribution in [2.45, 2.75) is 25.4 Å². The molecule has 1 aromatic rings. The Morgan fingerprint density at radius 1 is 1.60 bits per heavy atom. The van der Waals surface area contributed by atoms with Gasteiger partial charge in [-0.1, -0.05) is 11.6 Å². The van der Waals surface area contributed by atoms with Gasteiger partial charge < -0.3 is 15.2 Å². The molecule has 6 heteroatoms. The van der Waals surface area contributed by atoms with Crippen molar-refractivity contribution in [3.05, 3.63) is 28.8 Å². The minimum Gasteiger partial charge on any atom is -0.508 e. The zero-order valence-corrected chi connectivity index (χ0v) is 12.4. The maximum absolute atomic E-state index is 11.2. The zero-order valence-electron chi connectivity index (χ0n) is 11.6. The number of alkyl carbamates (subject to hydrolysis) is 1. The number of nitrogens with one attached hydrogen (secondary N) is 1. The first kappa shape index (κ1) is 14.9. The molecule has 1 aliphatic heterocycles. The number of ether oxygens (including phenoxy) is 1. The number of carbonyl (C=O) groups excluding carboxylic acids is 1. The highest BCUT2D eigenvalue weighted by Crippen LogP contribution is 2.32. The van der Waals surface area contributed by atoms with Crippen LogP contribution in [0, 0.1) is 0 Å². The molecule has 2 unspecified atom stereocenters. The zero-order chi connectivity index (χ0) is 14.7. The van der Waals surface area contributed by atoms with Crippen LogP contribution in [0.15, 0.2) is 18.2 Å². The van der Waals surface area contributed by atoms with E-state index in [9.17, 15) is 9.90 Å². The van der Waals surface area contributed by atoms with Crippen LogP contribution in [-0.2, 0) is 4.74 Å². The number of phenolic OH excluding ortho intramolecular Hbond substituents is 1. The standard InChI is InChI=1S/C14H19ClN2O3/c1-9(12-7-10(15)3-4-13(12)18)17-6-5-11(8-17)16-14(19)20-2/h3-4,7,9,11,18H,5-6,8H2,1-2H3,(H,16,19). The van der Waals surface area contributed by atoms with Gasteiger partial charge in [0.2, 0.25) is 0 Å². The molecule has 1 heterocycles. The maximum Gasteiger partial charge on any atom is 0.407 e. The molecule has 20 heavy (non-hydrogen) atoms. The molecule has 2 atom stereocenters. The normalized spacial score (nSPS) is 20.6. The number of methoxy groups -OCH3 is 1. The molecule has 0 radical (unpaired) electrons. The molecule has 0 saturated carbocycles. The molecule has 0 bridgehead atoms. The lowest BCUT2D eigenvalue weighted by atomic mass is 10.1. The Balaban J connectivity index is 2.02. The molecule has 2 rings (SSSR count). The summed E-state index contributed by atoms with van der Waals surface area (Å²) < 4.78 is 4.60. The maximum atomic E-state index is 11.2. The minimum atomic E-state index is -0.407. The summed E-state index contributed by atoms with van der Waals surface area (Å²) in [7, 11) is 1.36. The van der Waals surface area contributed by atoms with E-state index in [1.807, 2.05) is 6.92 Å². The predicted molar refractivity (Wildman–Crippen MR) is 77.1 cm³/mol. The van der Waals surface area contributed by atoms with Gasteiger partial charge in [0.1, 0.15) is 5.75 Å². The fourth-order valence-corrected chi connectivity index (χ4v) is 2.72. The van der Waals surface area contributed by atoms with E-state index < -0.39 is 6.09 Å². The number of hydrogen-bond donors (Lipinski definition) is 2. The van der Waals surface area contributed by atoms with Crippen molar-refractivity contribution < 1.29 is 14.6 Å². The highest BCUT2D eigenvalue weighted by Gasteiger charge is 2.29. The van der Waals surface area contributed by atoms with Crippen molar-refractivity contribution in [3.63, 3.8) is 0 Å². The van der Waals surface area contributed by atoms with Crippen LogP contribution in [0.25, 0.3) is 0 Å². The molecule has 1 aliphatic rings. The number of benzene rings is 1. The number of likely N-dealkylation sites (tertiary alicyclic amines) is 1. The van der Waals surface area contributed by atoms with Crippen LogP contribution in [-0.4, -0.2) is 42.3 Å². The van der Waals surface area contributed by atoms with Crippen molar-refractivity contribution in [1.29, 1.82) is 0 Å². The third-order valence-corrected chi connectivity index (χ3v) is 3.95. The van der Waals surface area contributed by atoms with Gasteiger partial charge in [0.25, 0.3) is 0 Å². The number of phenols is 1. The molecule has 110 valence electrons. The van der Waals surface area contributed by atoms with Crippen LogP contribution < -0.4 is 5.32 Å². The molecule has 0 spiro atoms. The first-order chi connectivity index (χ1) is 9.51. The lowest BCUT2D eigenvalue weighted by molar-refractivity contribution is 0.165. The topological polar surface area (TPSA) is 61.8 Å². The molecular formula is C14H19ClN2O3. The second-order valence-corrected chi connectivity index (χ2v) is 5.43. The van der Waals surface area contributed by atoms with Crippen molar-refractivity contribution in [1.82, 2.24) is 10.2 Å². The number of amides is 1. The van der Waals surface area contributed by atoms with E-state index in [4.69, 9.17) is 11.6 Å². The third-order valence-electron chi connectivity index (χ3n) is 3.71. The molecular weight excluding hydrogens is 280 g/mol. The van der Waals surface area contributed by atoms with Gasteiger partial charge in [-0.25, -0.2) is 4.79 Å². The SMILES string of the molecule is COC(=O)NC1CCN(C(C)c2cc(Cl)ccc2O)C1. The van der Waals surface area contributed by atoms with Crippen LogP contribution in [0.5, 0.6) is 5.75 Å². The fraction of sp³-hybridized carbons (Fsp3) is 0.500. The molecule has 0 aliphatic carbocycles. The van der Waals surface area contributed by atoms with Crippen molar-refractivity contribution >= 4 is 17.7 Å². The summed E-state index contributed by atoms with van der Waals surface area (Å²) in [5.41, 5.74) is 0.802. The molecule has 2 N–H and O–H groups in total. The van der Waals surface area contributed by atoms with Crippen molar-refractivity contribution in [2.24, 2.45) is 0 Å². The third kappa shape index (κ3) is 3.35. The van der Waals surface area contributed by atoms with Gasteiger partial charge in [-0.05, 0) is 31.5 Å². The molecule has 1 fully saturated rings. The van der Waals surface area contributed by atoms with E-state index in [0.717, 1.165) is 25.1 Å². The van der Waals surface area contributed by atoms with E-state index in [1.165, 1.54) is 7.11 Å². The van der Waals surface area contributed by atoms with E-state index in [-0.39, 0.29) is 17.8 Å². The summed E-state index contributed by atoms with van der Waals surface area (Å²) in [6.07, 6.45) is 0.455. The Morgan fingerprint density at radius 2 is 2.35 bits per heavy atom. The number of carbonyl (C=O) groups is 1. The Labute approximate surface area is 123 Å². The number of hydrogen-bond acceptors (Lipinski definition) is 4. The number of aromatic hydroxyl groups is 1. The summed E-state index contributed by atoms with van der Waals surface area (Å²) in [6.45, 7) is 3.59. The van der Waals surface area contributed by atoms with Gasteiger partial charge >= 0.3 is 6.09 Å². The van der Waals surface area contributed by atoms with E-state index in [0.29, 0.717) is 5.02 Å². The van der Waals surface area contributed by atoms with Gasteiger partial charge in [0.15, 0.2) is 0 Å². The summed E-state index contributed by atoms with van der Waals surface area (Å²) in [5.74, 6) is 0.242. The van der Waals surface area contributed by atoms with Crippen LogP contribution in [0.1, 0.15) is 24.9 Å². The van der Waals surface area contributed by atoms with E-state index in [2.05, 4.69) is 15.0 Å². The minimum absolute atomic E-state index is 0.0400. The van der Waals surface area contributed by atoms with Crippen molar-refractivity contribution in [3.8, 4) is 5.75 Å². The van der Waals surface area contributed by atoms with Crippen LogP contribution >= 0.6 is 11.6 Å². The molecule has 1 aromatic carbocycles. The summed E-state index contributed by atoms with van der Waals surface area (Å²) in [5, 5.41) is 13.3. The highest BCUT2D eigenvalue weighted by molar-refractivity contribution is 6.30. The average molecular weight is 299 g/mol. The first-order valence-corrected chi connectivity index (χ1v) is 6.96. The first-order valence-electron chi connectivity index (χ1n) is 6.58. The van der Waals surface area contributed by atoms with Gasteiger partial charge in [-0.15, -0.1) is 0 Å². The second kappa shape index (κ2) is 6.33. The average Bonchev–Trinajstić information content (AvgIpc) is 2.89. The summed E-state index contributed by atoms with van der Waals surface area (Å²) in [4.78, 5) is 13.4. The van der Waals surface area contributed by atoms with Gasteiger partial charge in [0, 0.05) is 35.8 Å². The Bertz CT molecular complexity index is 495. The van der Waals surface area contributed by atoms with E-state index in [1.54, 1.807) is 18.2 Å². The largest absolute Gasteiger partial charge is 0.508 e. The molecule has 1 amide bonds. The number of halogens is 1. The summed E-state index contributed by atoms with van der Waals surface area (Å²) in [6, 6.07) is 5.17. The number of nitrogens with zero attached hydrogens (tertiary/aromatic N) is 1. The van der Waals surface area contributed by atoms with Crippen LogP contribution in [0.2, 0.25) is 5.02 Å². The molecule has 5 nitrogen and oxygen atoms in total. The van der Waals surface area contributed by atoms with Crippen LogP contribution in [0.3, 0.4) is 0 Å². The smallest absolute Gasteiger partial charge is 0.407 e. The Kier molecular flexibility index (Phi) is 4.73. The Morgan fingerprint density at radius 3 is 3.05 bits per heavy atom. The lowest BCUT2D eigenvalue weighted by Crippen LogP contribution is -2.37. The molecule has 1 saturated heterocycles. The monoisotopic (exact) mass is 298 g/mol.